The standard InChI is InChI=1S/C18H23NO/c1-4-19-13-18(16-8-6-5-7-9-16)20-17-12-14(2)10-11-15(17)3/h5-12,18-19H,4,13H2,1-3H3. The summed E-state index contributed by atoms with van der Waals surface area (Å²) >= 11 is 0. The molecule has 0 spiro atoms. The molecule has 1 atom stereocenters. The molecule has 2 aromatic rings. The molecule has 0 saturated carbocycles. The smallest absolute Gasteiger partial charge is 0.136 e. The average molecular weight is 269 g/mol. The van der Waals surface area contributed by atoms with E-state index in [-0.39, 0.29) is 6.10 Å². The lowest BCUT2D eigenvalue weighted by molar-refractivity contribution is 0.201. The van der Waals surface area contributed by atoms with Crippen molar-refractivity contribution in [1.82, 2.24) is 5.32 Å². The second-order valence-electron chi connectivity index (χ2n) is 5.09. The van der Waals surface area contributed by atoms with Crippen LogP contribution in [-0.2, 0) is 0 Å². The van der Waals surface area contributed by atoms with Gasteiger partial charge in [-0.1, -0.05) is 49.4 Å². The van der Waals surface area contributed by atoms with Gasteiger partial charge < -0.3 is 10.1 Å². The largest absolute Gasteiger partial charge is 0.484 e. The van der Waals surface area contributed by atoms with Crippen molar-refractivity contribution in [3.05, 3.63) is 65.2 Å². The third-order valence-electron chi connectivity index (χ3n) is 3.36. The number of ether oxygens (including phenoxy) is 1. The maximum Gasteiger partial charge on any atom is 0.136 e. The fourth-order valence-electron chi connectivity index (χ4n) is 2.16. The Kier molecular flexibility index (Phi) is 5.19. The molecule has 0 heterocycles. The van der Waals surface area contributed by atoms with Crippen LogP contribution in [-0.4, -0.2) is 13.1 Å². The van der Waals surface area contributed by atoms with Gasteiger partial charge in [0.2, 0.25) is 0 Å². The number of nitrogens with one attached hydrogen (secondary N) is 1. The van der Waals surface area contributed by atoms with E-state index < -0.39 is 0 Å². The van der Waals surface area contributed by atoms with E-state index in [9.17, 15) is 0 Å². The number of hydrogen-bond donors (Lipinski definition) is 1. The predicted molar refractivity (Wildman–Crippen MR) is 84.3 cm³/mol. The van der Waals surface area contributed by atoms with Gasteiger partial charge >= 0.3 is 0 Å². The molecule has 0 bridgehead atoms. The monoisotopic (exact) mass is 269 g/mol. The van der Waals surface area contributed by atoms with Gasteiger partial charge in [-0.2, -0.15) is 0 Å². The summed E-state index contributed by atoms with van der Waals surface area (Å²) in [7, 11) is 0. The lowest BCUT2D eigenvalue weighted by atomic mass is 10.1. The van der Waals surface area contributed by atoms with Crippen LogP contribution in [0.2, 0.25) is 0 Å². The molecule has 1 unspecified atom stereocenters. The predicted octanol–water partition coefficient (Wildman–Crippen LogP) is 4.03. The summed E-state index contributed by atoms with van der Waals surface area (Å²) in [5, 5.41) is 3.38. The van der Waals surface area contributed by atoms with Crippen LogP contribution in [0.1, 0.15) is 29.7 Å². The molecule has 0 radical (unpaired) electrons. The minimum Gasteiger partial charge on any atom is -0.484 e. The molecule has 0 aliphatic heterocycles. The number of rotatable bonds is 6. The van der Waals surface area contributed by atoms with Gasteiger partial charge in [0.05, 0.1) is 0 Å². The lowest BCUT2D eigenvalue weighted by Crippen LogP contribution is -2.25. The van der Waals surface area contributed by atoms with Crippen LogP contribution >= 0.6 is 0 Å². The van der Waals surface area contributed by atoms with E-state index >= 15 is 0 Å². The zero-order chi connectivity index (χ0) is 14.4. The van der Waals surface area contributed by atoms with Crippen molar-refractivity contribution in [2.24, 2.45) is 0 Å². The Morgan fingerprint density at radius 2 is 1.80 bits per heavy atom. The van der Waals surface area contributed by atoms with Crippen molar-refractivity contribution in [2.75, 3.05) is 13.1 Å². The highest BCUT2D eigenvalue weighted by Crippen LogP contribution is 2.25. The first-order valence-electron chi connectivity index (χ1n) is 7.20. The van der Waals surface area contributed by atoms with E-state index in [1.807, 2.05) is 6.07 Å². The van der Waals surface area contributed by atoms with E-state index in [0.717, 1.165) is 18.8 Å². The van der Waals surface area contributed by atoms with Gasteiger partial charge in [0.1, 0.15) is 11.9 Å². The van der Waals surface area contributed by atoms with Crippen LogP contribution in [0.3, 0.4) is 0 Å². The second kappa shape index (κ2) is 7.11. The SMILES string of the molecule is CCNCC(Oc1cc(C)ccc1C)c1ccccc1. The highest BCUT2D eigenvalue weighted by Gasteiger charge is 2.13. The number of likely N-dealkylation sites (N-methyl/N-ethyl adjacent to an activating group) is 1. The Labute approximate surface area is 121 Å². The maximum atomic E-state index is 6.25. The van der Waals surface area contributed by atoms with Crippen LogP contribution in [0.15, 0.2) is 48.5 Å². The summed E-state index contributed by atoms with van der Waals surface area (Å²) in [6, 6.07) is 16.7. The average Bonchev–Trinajstić information content (AvgIpc) is 2.48. The number of aryl methyl sites for hydroxylation is 2. The second-order valence-corrected chi connectivity index (χ2v) is 5.09. The van der Waals surface area contributed by atoms with Gasteiger partial charge in [-0.15, -0.1) is 0 Å². The highest BCUT2D eigenvalue weighted by molar-refractivity contribution is 5.36. The maximum absolute atomic E-state index is 6.25. The zero-order valence-electron chi connectivity index (χ0n) is 12.5. The normalized spacial score (nSPS) is 12.2. The topological polar surface area (TPSA) is 21.3 Å². The van der Waals surface area contributed by atoms with Gasteiger partial charge in [0.15, 0.2) is 0 Å². The molecule has 0 aliphatic carbocycles. The van der Waals surface area contributed by atoms with Crippen molar-refractivity contribution in [3.63, 3.8) is 0 Å². The molecule has 106 valence electrons. The van der Waals surface area contributed by atoms with E-state index in [0.29, 0.717) is 0 Å². The molecule has 0 amide bonds. The molecule has 0 aliphatic rings. The van der Waals surface area contributed by atoms with Gasteiger partial charge in [-0.25, -0.2) is 0 Å². The van der Waals surface area contributed by atoms with E-state index in [1.54, 1.807) is 0 Å². The molecule has 2 aromatic carbocycles. The van der Waals surface area contributed by atoms with E-state index in [1.165, 1.54) is 16.7 Å². The fourth-order valence-corrected chi connectivity index (χ4v) is 2.16. The summed E-state index contributed by atoms with van der Waals surface area (Å²) in [5.41, 5.74) is 3.60. The van der Waals surface area contributed by atoms with E-state index in [2.05, 4.69) is 68.6 Å². The van der Waals surface area contributed by atoms with Gasteiger partial charge in [-0.05, 0) is 43.1 Å². The Hall–Kier alpha value is -1.80. The summed E-state index contributed by atoms with van der Waals surface area (Å²) in [6.45, 7) is 8.05. The molecule has 2 rings (SSSR count). The Morgan fingerprint density at radius 3 is 2.50 bits per heavy atom. The Bertz CT molecular complexity index is 536. The third-order valence-corrected chi connectivity index (χ3v) is 3.36. The number of hydrogen-bond acceptors (Lipinski definition) is 2. The third kappa shape index (κ3) is 3.84. The lowest BCUT2D eigenvalue weighted by Gasteiger charge is -2.21. The Morgan fingerprint density at radius 1 is 1.05 bits per heavy atom. The summed E-state index contributed by atoms with van der Waals surface area (Å²) in [6.07, 6.45) is 0.0386. The van der Waals surface area contributed by atoms with Crippen molar-refractivity contribution >= 4 is 0 Å². The van der Waals surface area contributed by atoms with Crippen molar-refractivity contribution in [1.29, 1.82) is 0 Å². The molecule has 0 fully saturated rings. The quantitative estimate of drug-likeness (QED) is 0.854. The molecule has 1 N–H and O–H groups in total. The molecule has 0 aromatic heterocycles. The van der Waals surface area contributed by atoms with E-state index in [4.69, 9.17) is 4.74 Å². The minimum atomic E-state index is 0.0386. The summed E-state index contributed by atoms with van der Waals surface area (Å²) in [5.74, 6) is 0.969. The van der Waals surface area contributed by atoms with Gasteiger partial charge in [0, 0.05) is 6.54 Å². The molecule has 2 nitrogen and oxygen atoms in total. The Balaban J connectivity index is 2.21. The van der Waals surface area contributed by atoms with Crippen LogP contribution in [0.25, 0.3) is 0 Å². The fraction of sp³-hybridized carbons (Fsp3) is 0.333. The van der Waals surface area contributed by atoms with Crippen molar-refractivity contribution in [3.8, 4) is 5.75 Å². The molecule has 20 heavy (non-hydrogen) atoms. The zero-order valence-corrected chi connectivity index (χ0v) is 12.5. The summed E-state index contributed by atoms with van der Waals surface area (Å²) < 4.78 is 6.25. The number of benzene rings is 2. The van der Waals surface area contributed by atoms with Crippen molar-refractivity contribution < 1.29 is 4.74 Å². The van der Waals surface area contributed by atoms with Crippen molar-refractivity contribution in [2.45, 2.75) is 26.9 Å². The van der Waals surface area contributed by atoms with Crippen LogP contribution in [0.5, 0.6) is 5.75 Å². The first kappa shape index (κ1) is 14.6. The molecule has 0 saturated heterocycles. The first-order chi connectivity index (χ1) is 9.70. The first-order valence-corrected chi connectivity index (χ1v) is 7.20. The minimum absolute atomic E-state index is 0.0386. The van der Waals surface area contributed by atoms with Crippen LogP contribution in [0, 0.1) is 13.8 Å². The molecule has 2 heteroatoms. The highest BCUT2D eigenvalue weighted by atomic mass is 16.5. The van der Waals surface area contributed by atoms with Gasteiger partial charge in [-0.3, -0.25) is 0 Å². The summed E-state index contributed by atoms with van der Waals surface area (Å²) in [4.78, 5) is 0. The van der Waals surface area contributed by atoms with Crippen LogP contribution < -0.4 is 10.1 Å². The molecular weight excluding hydrogens is 246 g/mol. The van der Waals surface area contributed by atoms with Crippen LogP contribution in [0.4, 0.5) is 0 Å². The van der Waals surface area contributed by atoms with Gasteiger partial charge in [0.25, 0.3) is 0 Å². The molecular formula is C18H23NO.